The number of hydrogen-bond acceptors (Lipinski definition) is 4. The van der Waals surface area contributed by atoms with Gasteiger partial charge in [-0.25, -0.2) is 19.0 Å². The van der Waals surface area contributed by atoms with Gasteiger partial charge >= 0.3 is 0 Å². The largest absolute Gasteiger partial charge is 0.352 e. The molecule has 0 atom stereocenters. The molecule has 0 saturated carbocycles. The molecule has 0 radical (unpaired) electrons. The van der Waals surface area contributed by atoms with Crippen LogP contribution in [0.5, 0.6) is 0 Å². The number of carbonyl (C=O) groups excluding carboxylic acids is 1. The molecule has 148 valence electrons. The molecule has 3 heterocycles. The number of benzene rings is 2. The number of halogens is 1. The molecule has 2 aromatic carbocycles. The summed E-state index contributed by atoms with van der Waals surface area (Å²) in [7, 11) is 3.52. The van der Waals surface area contributed by atoms with Crippen LogP contribution in [0.1, 0.15) is 10.6 Å². The fraction of sp³-hybridized carbons (Fsp3) is 0.0909. The molecule has 5 rings (SSSR count). The predicted molar refractivity (Wildman–Crippen MR) is 112 cm³/mol. The van der Waals surface area contributed by atoms with Crippen molar-refractivity contribution in [2.45, 2.75) is 0 Å². The van der Waals surface area contributed by atoms with Crippen LogP contribution in [0.4, 0.5) is 4.39 Å². The molecule has 0 aliphatic rings. The van der Waals surface area contributed by atoms with Crippen molar-refractivity contribution in [3.63, 3.8) is 0 Å². The molecule has 0 saturated heterocycles. The number of nitrogens with one attached hydrogen (secondary N) is 1. The summed E-state index contributed by atoms with van der Waals surface area (Å²) in [5.41, 5.74) is 3.80. The fourth-order valence-electron chi connectivity index (χ4n) is 3.53. The van der Waals surface area contributed by atoms with Crippen molar-refractivity contribution in [2.24, 2.45) is 7.05 Å². The summed E-state index contributed by atoms with van der Waals surface area (Å²) in [5, 5.41) is 9.06. The Balaban J connectivity index is 1.77. The minimum Gasteiger partial charge on any atom is -0.352 e. The molecule has 30 heavy (non-hydrogen) atoms. The van der Waals surface area contributed by atoms with Gasteiger partial charge in [0.2, 0.25) is 5.82 Å². The summed E-state index contributed by atoms with van der Waals surface area (Å²) < 4.78 is 17.1. The van der Waals surface area contributed by atoms with Gasteiger partial charge in [-0.3, -0.25) is 4.79 Å². The summed E-state index contributed by atoms with van der Waals surface area (Å²) >= 11 is 0. The van der Waals surface area contributed by atoms with Gasteiger partial charge in [0.25, 0.3) is 5.91 Å². The highest BCUT2D eigenvalue weighted by Crippen LogP contribution is 2.31. The highest BCUT2D eigenvalue weighted by atomic mass is 19.1. The average Bonchev–Trinajstić information content (AvgIpc) is 3.34. The standard InChI is InChI=1S/C22H17FN6O/c1-24-22(30)20-25-12-17-19(14-3-8-18-13(11-14)9-10-28(18)2)27-29(21(17)26-20)16-6-4-15(23)5-7-16/h3-12H,1-2H3,(H,24,30). The van der Waals surface area contributed by atoms with Crippen LogP contribution in [0, 0.1) is 5.82 Å². The number of nitrogens with zero attached hydrogens (tertiary/aromatic N) is 5. The van der Waals surface area contributed by atoms with E-state index < -0.39 is 5.91 Å². The maximum atomic E-state index is 13.4. The molecule has 0 aliphatic heterocycles. The van der Waals surface area contributed by atoms with Crippen LogP contribution in [-0.4, -0.2) is 37.3 Å². The van der Waals surface area contributed by atoms with Gasteiger partial charge in [0.15, 0.2) is 5.65 Å². The number of hydrogen-bond donors (Lipinski definition) is 1. The van der Waals surface area contributed by atoms with Crippen molar-refractivity contribution in [3.8, 4) is 16.9 Å². The summed E-state index contributed by atoms with van der Waals surface area (Å²) in [6, 6.07) is 14.1. The maximum absolute atomic E-state index is 13.4. The van der Waals surface area contributed by atoms with E-state index in [1.165, 1.54) is 19.2 Å². The molecular weight excluding hydrogens is 383 g/mol. The normalized spacial score (nSPS) is 11.3. The van der Waals surface area contributed by atoms with Crippen molar-refractivity contribution < 1.29 is 9.18 Å². The lowest BCUT2D eigenvalue weighted by Crippen LogP contribution is -2.20. The minimum absolute atomic E-state index is 0.0401. The Morgan fingerprint density at radius 3 is 2.67 bits per heavy atom. The van der Waals surface area contributed by atoms with Crippen molar-refractivity contribution in [3.05, 3.63) is 72.6 Å². The Morgan fingerprint density at radius 2 is 1.90 bits per heavy atom. The first-order chi connectivity index (χ1) is 14.5. The van der Waals surface area contributed by atoms with Gasteiger partial charge in [-0.1, -0.05) is 6.07 Å². The second-order valence-corrected chi connectivity index (χ2v) is 6.95. The summed E-state index contributed by atoms with van der Waals surface area (Å²) in [6.45, 7) is 0. The molecule has 7 nitrogen and oxygen atoms in total. The Labute approximate surface area is 170 Å². The van der Waals surface area contributed by atoms with E-state index in [1.807, 2.05) is 36.0 Å². The summed E-state index contributed by atoms with van der Waals surface area (Å²) in [6.07, 6.45) is 3.60. The number of aromatic nitrogens is 5. The van der Waals surface area contributed by atoms with Crippen molar-refractivity contribution in [1.29, 1.82) is 0 Å². The Bertz CT molecular complexity index is 1420. The van der Waals surface area contributed by atoms with Crippen LogP contribution in [0.2, 0.25) is 0 Å². The molecule has 8 heteroatoms. The van der Waals surface area contributed by atoms with Gasteiger partial charge in [-0.05, 0) is 42.5 Å². The Hall–Kier alpha value is -4.07. The quantitative estimate of drug-likeness (QED) is 0.503. The van der Waals surface area contributed by atoms with Gasteiger partial charge in [-0.2, -0.15) is 5.10 Å². The van der Waals surface area contributed by atoms with Crippen LogP contribution in [0.3, 0.4) is 0 Å². The first-order valence-corrected chi connectivity index (χ1v) is 9.34. The highest BCUT2D eigenvalue weighted by Gasteiger charge is 2.19. The van der Waals surface area contributed by atoms with Crippen LogP contribution in [0.15, 0.2) is 60.9 Å². The molecule has 0 unspecified atom stereocenters. The van der Waals surface area contributed by atoms with Crippen molar-refractivity contribution in [2.75, 3.05) is 7.05 Å². The van der Waals surface area contributed by atoms with E-state index in [1.54, 1.807) is 23.0 Å². The monoisotopic (exact) mass is 400 g/mol. The Kier molecular flexibility index (Phi) is 4.06. The van der Waals surface area contributed by atoms with E-state index >= 15 is 0 Å². The number of fused-ring (bicyclic) bond motifs is 2. The minimum atomic E-state index is -0.393. The lowest BCUT2D eigenvalue weighted by atomic mass is 10.1. The molecule has 0 spiro atoms. The van der Waals surface area contributed by atoms with Gasteiger partial charge in [0.1, 0.15) is 11.5 Å². The number of carbonyl (C=O) groups is 1. The van der Waals surface area contributed by atoms with Crippen molar-refractivity contribution in [1.82, 2.24) is 29.6 Å². The molecule has 5 aromatic rings. The van der Waals surface area contributed by atoms with Crippen LogP contribution in [0.25, 0.3) is 38.9 Å². The zero-order valence-corrected chi connectivity index (χ0v) is 16.3. The molecule has 3 aromatic heterocycles. The van der Waals surface area contributed by atoms with Gasteiger partial charge in [0, 0.05) is 43.0 Å². The number of amides is 1. The maximum Gasteiger partial charge on any atom is 0.288 e. The molecule has 1 N–H and O–H groups in total. The van der Waals surface area contributed by atoms with Gasteiger partial charge in [-0.15, -0.1) is 0 Å². The van der Waals surface area contributed by atoms with E-state index in [4.69, 9.17) is 5.10 Å². The van der Waals surface area contributed by atoms with Crippen LogP contribution >= 0.6 is 0 Å². The van der Waals surface area contributed by atoms with Crippen molar-refractivity contribution >= 4 is 27.8 Å². The molecular formula is C22H17FN6O. The number of aryl methyl sites for hydroxylation is 1. The molecule has 0 aliphatic carbocycles. The van der Waals surface area contributed by atoms with Gasteiger partial charge < -0.3 is 9.88 Å². The van der Waals surface area contributed by atoms with E-state index in [0.29, 0.717) is 22.4 Å². The first kappa shape index (κ1) is 18.0. The third-order valence-electron chi connectivity index (χ3n) is 5.08. The average molecular weight is 400 g/mol. The lowest BCUT2D eigenvalue weighted by molar-refractivity contribution is 0.0953. The summed E-state index contributed by atoms with van der Waals surface area (Å²) in [4.78, 5) is 20.7. The van der Waals surface area contributed by atoms with E-state index in [9.17, 15) is 9.18 Å². The smallest absolute Gasteiger partial charge is 0.288 e. The predicted octanol–water partition coefficient (Wildman–Crippen LogP) is 3.47. The topological polar surface area (TPSA) is 77.6 Å². The van der Waals surface area contributed by atoms with Gasteiger partial charge in [0.05, 0.1) is 11.1 Å². The van der Waals surface area contributed by atoms with E-state index in [2.05, 4.69) is 21.4 Å². The third kappa shape index (κ3) is 2.81. The SMILES string of the molecule is CNC(=O)c1ncc2c(-c3ccc4c(ccn4C)c3)nn(-c3ccc(F)cc3)c2n1. The first-order valence-electron chi connectivity index (χ1n) is 9.34. The lowest BCUT2D eigenvalue weighted by Gasteiger charge is -2.03. The summed E-state index contributed by atoms with van der Waals surface area (Å²) in [5.74, 6) is -0.694. The van der Waals surface area contributed by atoms with E-state index in [0.717, 1.165) is 16.5 Å². The fourth-order valence-corrected chi connectivity index (χ4v) is 3.53. The van der Waals surface area contributed by atoms with Crippen LogP contribution < -0.4 is 5.32 Å². The molecule has 0 bridgehead atoms. The third-order valence-corrected chi connectivity index (χ3v) is 5.08. The van der Waals surface area contributed by atoms with E-state index in [-0.39, 0.29) is 11.6 Å². The zero-order chi connectivity index (χ0) is 20.8. The Morgan fingerprint density at radius 1 is 1.10 bits per heavy atom. The second-order valence-electron chi connectivity index (χ2n) is 6.95. The number of rotatable bonds is 3. The highest BCUT2D eigenvalue weighted by molar-refractivity contribution is 5.97. The van der Waals surface area contributed by atoms with Crippen LogP contribution in [-0.2, 0) is 7.05 Å². The molecule has 0 fully saturated rings. The second kappa shape index (κ2) is 6.77. The molecule has 1 amide bonds. The zero-order valence-electron chi connectivity index (χ0n) is 16.3.